The number of nitrogens with zero attached hydrogens (tertiary/aromatic N) is 6. The molecule has 2 fully saturated rings. The average Bonchev–Trinajstić information content (AvgIpc) is 3.68. The highest BCUT2D eigenvalue weighted by Crippen LogP contribution is 2.40. The number of urea groups is 1. The lowest BCUT2D eigenvalue weighted by Gasteiger charge is -2.43. The summed E-state index contributed by atoms with van der Waals surface area (Å²) < 4.78 is 54.8. The number of guanidine groups is 1. The highest BCUT2D eigenvalue weighted by Gasteiger charge is 2.50. The summed E-state index contributed by atoms with van der Waals surface area (Å²) in [5, 5.41) is 26.0. The van der Waals surface area contributed by atoms with Crippen molar-refractivity contribution in [1.29, 1.82) is 0 Å². The summed E-state index contributed by atoms with van der Waals surface area (Å²) >= 11 is 0. The van der Waals surface area contributed by atoms with Gasteiger partial charge in [0.05, 0.1) is 12.6 Å². The lowest BCUT2D eigenvalue weighted by molar-refractivity contribution is -0.172. The minimum atomic E-state index is -4.71. The maximum absolute atomic E-state index is 13.7. The van der Waals surface area contributed by atoms with Crippen LogP contribution < -0.4 is 10.6 Å². The third-order valence-corrected chi connectivity index (χ3v) is 10.0. The van der Waals surface area contributed by atoms with Crippen LogP contribution in [0.15, 0.2) is 9.41 Å². The Bertz CT molecular complexity index is 1570. The molecule has 3 N–H and O–H groups in total. The molecule has 0 spiro atoms. The van der Waals surface area contributed by atoms with E-state index in [2.05, 4.69) is 46.6 Å². The van der Waals surface area contributed by atoms with Crippen molar-refractivity contribution >= 4 is 34.6 Å². The second kappa shape index (κ2) is 20.9. The monoisotopic (exact) mass is 830 g/mol. The zero-order valence-electron chi connectivity index (χ0n) is 35.5. The standard InChI is InChI=1S/C37H66N8O11S/c1-11-15-21-37(20-14-4,22-16-12-2)44(23-17-13-3)55-57(50,51)56-45-26-18-19-27(43(25-26)34(45)49)29-41-42-30(52-29)28(46)24-38-31(39-32(47)53-35(5,6)7)40-33(48)54-36(8,9)10/h26-28,46H,11-25H2,1-10H3,(H2,38,39,40,47,48)/t26-,27-,28-/m0/s1. The number of ether oxygens (including phenoxy) is 2. The van der Waals surface area contributed by atoms with Crippen LogP contribution in [0.4, 0.5) is 14.4 Å². The van der Waals surface area contributed by atoms with Gasteiger partial charge >= 0.3 is 28.6 Å². The fraction of sp³-hybridized carbons (Fsp3) is 0.838. The highest BCUT2D eigenvalue weighted by molar-refractivity contribution is 7.81. The van der Waals surface area contributed by atoms with Crippen molar-refractivity contribution in [3.05, 3.63) is 11.8 Å². The van der Waals surface area contributed by atoms with Crippen LogP contribution >= 0.6 is 0 Å². The molecule has 4 amide bonds. The Labute approximate surface area is 337 Å². The Kier molecular flexibility index (Phi) is 17.5. The van der Waals surface area contributed by atoms with Gasteiger partial charge in [0.25, 0.3) is 0 Å². The Balaban J connectivity index is 1.75. The Hall–Kier alpha value is -3.59. The van der Waals surface area contributed by atoms with Crippen molar-refractivity contribution in [3.63, 3.8) is 0 Å². The summed E-state index contributed by atoms with van der Waals surface area (Å²) in [5.74, 6) is -0.583. The quantitative estimate of drug-likeness (QED) is 0.0717. The fourth-order valence-electron chi connectivity index (χ4n) is 6.77. The Morgan fingerprint density at radius 3 is 2.02 bits per heavy atom. The van der Waals surface area contributed by atoms with Gasteiger partial charge in [-0.2, -0.15) is 22.8 Å². The van der Waals surface area contributed by atoms with Crippen molar-refractivity contribution in [1.82, 2.24) is 35.9 Å². The van der Waals surface area contributed by atoms with Gasteiger partial charge in [-0.3, -0.25) is 10.6 Å². The number of aliphatic hydroxyl groups excluding tert-OH is 1. The normalized spacial score (nSPS) is 18.1. The highest BCUT2D eigenvalue weighted by atomic mass is 32.3. The first kappa shape index (κ1) is 47.8. The molecule has 0 unspecified atom stereocenters. The second-order valence-electron chi connectivity index (χ2n) is 16.6. The third kappa shape index (κ3) is 14.6. The third-order valence-electron chi connectivity index (χ3n) is 9.31. The van der Waals surface area contributed by atoms with Crippen LogP contribution in [-0.4, -0.2) is 105 Å². The molecule has 3 heterocycles. The number of hydrogen-bond acceptors (Lipinski definition) is 15. The van der Waals surface area contributed by atoms with Gasteiger partial charge in [0, 0.05) is 18.6 Å². The molecule has 2 aliphatic rings. The van der Waals surface area contributed by atoms with E-state index in [0.717, 1.165) is 69.3 Å². The van der Waals surface area contributed by atoms with E-state index in [1.54, 1.807) is 46.6 Å². The van der Waals surface area contributed by atoms with Gasteiger partial charge in [0.1, 0.15) is 17.2 Å². The number of unbranched alkanes of at least 4 members (excludes halogenated alkanes) is 3. The van der Waals surface area contributed by atoms with Gasteiger partial charge in [0.2, 0.25) is 17.7 Å². The SMILES string of the molecule is CCCCN(OS(=O)(=O)ON1C(=O)N2C[C@@H]1CC[C@H]2c1nnc([C@@H](O)CN=C(NC(=O)OC(C)(C)C)NC(=O)OC(C)(C)C)o1)C(CCC)(CCCC)CCCC. The van der Waals surface area contributed by atoms with Crippen molar-refractivity contribution < 1.29 is 50.4 Å². The van der Waals surface area contributed by atoms with Crippen molar-refractivity contribution in [2.75, 3.05) is 19.6 Å². The number of rotatable bonds is 20. The van der Waals surface area contributed by atoms with E-state index in [-0.39, 0.29) is 24.3 Å². The largest absolute Gasteiger partial charge is 0.444 e. The molecule has 1 aromatic heterocycles. The first-order valence-electron chi connectivity index (χ1n) is 20.2. The molecular formula is C37H66N8O11S. The Morgan fingerprint density at radius 2 is 1.49 bits per heavy atom. The summed E-state index contributed by atoms with van der Waals surface area (Å²) in [6, 6.07) is -2.02. The molecule has 0 aliphatic carbocycles. The van der Waals surface area contributed by atoms with Gasteiger partial charge < -0.3 is 23.9 Å². The predicted octanol–water partition coefficient (Wildman–Crippen LogP) is 6.58. The molecule has 0 radical (unpaired) electrons. The molecule has 57 heavy (non-hydrogen) atoms. The minimum absolute atomic E-state index is 0.0155. The van der Waals surface area contributed by atoms with Crippen LogP contribution in [-0.2, 0) is 28.4 Å². The van der Waals surface area contributed by atoms with Gasteiger partial charge in [-0.05, 0) is 80.1 Å². The number of hydroxylamine groups is 4. The molecule has 0 saturated carbocycles. The molecule has 1 aromatic rings. The fourth-order valence-corrected chi connectivity index (χ4v) is 7.64. The maximum Gasteiger partial charge on any atom is 0.437 e. The van der Waals surface area contributed by atoms with Crippen LogP contribution in [0.5, 0.6) is 0 Å². The van der Waals surface area contributed by atoms with E-state index in [9.17, 15) is 27.9 Å². The molecule has 2 bridgehead atoms. The van der Waals surface area contributed by atoms with Gasteiger partial charge in [-0.1, -0.05) is 66.2 Å². The topological polar surface area (TPSA) is 228 Å². The number of alkyl carbamates (subject to hydrolysis) is 2. The molecule has 326 valence electrons. The zero-order valence-corrected chi connectivity index (χ0v) is 36.3. The van der Waals surface area contributed by atoms with Gasteiger partial charge in [-0.25, -0.2) is 19.4 Å². The summed E-state index contributed by atoms with van der Waals surface area (Å²) in [6.45, 7) is 18.4. The lowest BCUT2D eigenvalue weighted by atomic mass is 9.82. The lowest BCUT2D eigenvalue weighted by Crippen LogP contribution is -2.51. The number of piperidine rings is 1. The summed E-state index contributed by atoms with van der Waals surface area (Å²) in [5.41, 5.74) is -2.19. The number of hydrogen-bond donors (Lipinski definition) is 3. The average molecular weight is 831 g/mol. The van der Waals surface area contributed by atoms with E-state index in [0.29, 0.717) is 19.4 Å². The summed E-state index contributed by atoms with van der Waals surface area (Å²) in [4.78, 5) is 44.1. The molecule has 3 atom stereocenters. The smallest absolute Gasteiger partial charge is 0.437 e. The number of aromatic nitrogens is 2. The maximum atomic E-state index is 13.7. The number of aliphatic imine (C=N–C) groups is 1. The number of fused-ring (bicyclic) bond motifs is 2. The molecule has 20 heteroatoms. The second-order valence-corrected chi connectivity index (χ2v) is 17.8. The van der Waals surface area contributed by atoms with Crippen LogP contribution in [0.3, 0.4) is 0 Å². The van der Waals surface area contributed by atoms with E-state index in [4.69, 9.17) is 22.5 Å². The van der Waals surface area contributed by atoms with E-state index in [1.807, 2.05) is 6.92 Å². The number of aliphatic hydroxyl groups is 1. The number of carbonyl (C=O) groups excluding carboxylic acids is 3. The van der Waals surface area contributed by atoms with Crippen molar-refractivity contribution in [2.24, 2.45) is 4.99 Å². The number of nitrogens with one attached hydrogen (secondary N) is 2. The number of amides is 4. The minimum Gasteiger partial charge on any atom is -0.444 e. The zero-order chi connectivity index (χ0) is 42.6. The van der Waals surface area contributed by atoms with Crippen LogP contribution in [0.2, 0.25) is 0 Å². The van der Waals surface area contributed by atoms with Crippen molar-refractivity contribution in [3.8, 4) is 0 Å². The van der Waals surface area contributed by atoms with E-state index < -0.39 is 70.1 Å². The predicted molar refractivity (Wildman–Crippen MR) is 209 cm³/mol. The van der Waals surface area contributed by atoms with Crippen molar-refractivity contribution in [2.45, 2.75) is 181 Å². The van der Waals surface area contributed by atoms with E-state index >= 15 is 0 Å². The van der Waals surface area contributed by atoms with Crippen LogP contribution in [0.1, 0.15) is 170 Å². The molecule has 2 saturated heterocycles. The Morgan fingerprint density at radius 1 is 0.912 bits per heavy atom. The summed E-state index contributed by atoms with van der Waals surface area (Å²) in [6.07, 6.45) is 5.86. The number of carbonyl (C=O) groups is 3. The molecule has 0 aromatic carbocycles. The molecule has 3 rings (SSSR count). The van der Waals surface area contributed by atoms with Gasteiger partial charge in [-0.15, -0.1) is 14.5 Å². The van der Waals surface area contributed by atoms with Gasteiger partial charge in [0.15, 0.2) is 6.10 Å². The first-order chi connectivity index (χ1) is 26.7. The van der Waals surface area contributed by atoms with Crippen LogP contribution in [0, 0.1) is 0 Å². The molecule has 19 nitrogen and oxygen atoms in total. The van der Waals surface area contributed by atoms with E-state index in [1.165, 1.54) is 4.90 Å². The molecule has 2 aliphatic heterocycles. The summed E-state index contributed by atoms with van der Waals surface area (Å²) in [7, 11) is -4.71. The first-order valence-corrected chi connectivity index (χ1v) is 21.6. The molecular weight excluding hydrogens is 765 g/mol. The van der Waals surface area contributed by atoms with Crippen LogP contribution in [0.25, 0.3) is 0 Å².